The van der Waals surface area contributed by atoms with Gasteiger partial charge in [0.2, 0.25) is 0 Å². The number of aliphatic hydroxyl groups is 1. The minimum atomic E-state index is -1.47. The molecule has 0 aliphatic carbocycles. The normalized spacial score (nSPS) is 11.5. The number of hydrogen-bond acceptors (Lipinski definition) is 4. The Hall–Kier alpha value is -2.11. The van der Waals surface area contributed by atoms with Crippen LogP contribution in [0.4, 0.5) is 0 Å². The van der Waals surface area contributed by atoms with Crippen molar-refractivity contribution in [2.45, 2.75) is 0 Å². The van der Waals surface area contributed by atoms with E-state index in [1.165, 1.54) is 0 Å². The molecule has 0 amide bonds. The van der Waals surface area contributed by atoms with Crippen molar-refractivity contribution in [1.29, 1.82) is 5.41 Å². The van der Waals surface area contributed by atoms with E-state index < -0.39 is 23.2 Å². The van der Waals surface area contributed by atoms with Crippen LogP contribution >= 0.6 is 0 Å². The van der Waals surface area contributed by atoms with Crippen LogP contribution in [-0.4, -0.2) is 33.0 Å². The summed E-state index contributed by atoms with van der Waals surface area (Å²) in [5, 5.41) is 31.6. The van der Waals surface area contributed by atoms with Gasteiger partial charge in [0.25, 0.3) is 0 Å². The van der Waals surface area contributed by atoms with Gasteiger partial charge in [-0.3, -0.25) is 5.41 Å². The zero-order valence-electron chi connectivity index (χ0n) is 6.39. The number of hydrogen-bond donors (Lipinski definition) is 4. The number of aliphatic carboxylic acids is 2. The smallest absolute Gasteiger partial charge is 0.353 e. The summed E-state index contributed by atoms with van der Waals surface area (Å²) in [7, 11) is 0. The maximum Gasteiger partial charge on any atom is 0.353 e. The highest BCUT2D eigenvalue weighted by Gasteiger charge is 2.05. The summed E-state index contributed by atoms with van der Waals surface area (Å²) in [5.41, 5.74) is -1.26. The van der Waals surface area contributed by atoms with Crippen LogP contribution in [0.1, 0.15) is 0 Å². The zero-order chi connectivity index (χ0) is 10.4. The molecule has 0 aromatic rings. The molecule has 0 bridgehead atoms. The van der Waals surface area contributed by atoms with Crippen molar-refractivity contribution in [3.63, 3.8) is 0 Å². The van der Waals surface area contributed by atoms with Crippen molar-refractivity contribution in [2.24, 2.45) is 0 Å². The Labute approximate surface area is 72.9 Å². The fraction of sp³-hybridized carbons (Fsp3) is 0. The van der Waals surface area contributed by atoms with E-state index in [2.05, 4.69) is 0 Å². The Balaban J connectivity index is 4.51. The first-order chi connectivity index (χ1) is 5.99. The van der Waals surface area contributed by atoms with Crippen molar-refractivity contribution < 1.29 is 24.9 Å². The van der Waals surface area contributed by atoms with Gasteiger partial charge in [-0.1, -0.05) is 0 Å². The molecule has 6 nitrogen and oxygen atoms in total. The van der Waals surface area contributed by atoms with Crippen LogP contribution in [0, 0.1) is 5.41 Å². The van der Waals surface area contributed by atoms with E-state index in [0.29, 0.717) is 6.26 Å². The minimum Gasteiger partial charge on any atom is -0.515 e. The second-order valence-corrected chi connectivity index (χ2v) is 1.94. The topological polar surface area (TPSA) is 119 Å². The van der Waals surface area contributed by atoms with Crippen molar-refractivity contribution in [1.82, 2.24) is 0 Å². The number of carboxylic acid groups (broad SMARTS) is 2. The highest BCUT2D eigenvalue weighted by atomic mass is 16.4. The van der Waals surface area contributed by atoms with Gasteiger partial charge in [0.1, 0.15) is 5.71 Å². The van der Waals surface area contributed by atoms with E-state index >= 15 is 0 Å². The third kappa shape index (κ3) is 3.71. The van der Waals surface area contributed by atoms with E-state index in [0.717, 1.165) is 12.2 Å². The van der Waals surface area contributed by atoms with Gasteiger partial charge < -0.3 is 15.3 Å². The molecule has 0 radical (unpaired) electrons. The lowest BCUT2D eigenvalue weighted by molar-refractivity contribution is -0.132. The van der Waals surface area contributed by atoms with Crippen LogP contribution in [0.2, 0.25) is 0 Å². The molecule has 0 atom stereocenters. The molecule has 6 heteroatoms. The molecule has 0 fully saturated rings. The van der Waals surface area contributed by atoms with Crippen LogP contribution in [0.15, 0.2) is 24.0 Å². The lowest BCUT2D eigenvalue weighted by Gasteiger charge is -1.90. The van der Waals surface area contributed by atoms with E-state index in [1.54, 1.807) is 0 Å². The summed E-state index contributed by atoms with van der Waals surface area (Å²) in [6.07, 6.45) is 1.89. The molecule has 13 heavy (non-hydrogen) atoms. The molecule has 0 rings (SSSR count). The van der Waals surface area contributed by atoms with Crippen LogP contribution < -0.4 is 0 Å². The van der Waals surface area contributed by atoms with Gasteiger partial charge in [0.15, 0.2) is 0 Å². The molecule has 0 heterocycles. The van der Waals surface area contributed by atoms with Crippen molar-refractivity contribution >= 4 is 17.7 Å². The van der Waals surface area contributed by atoms with E-state index in [4.69, 9.17) is 20.7 Å². The fourth-order valence-corrected chi connectivity index (χ4v) is 0.414. The van der Waals surface area contributed by atoms with E-state index in [1.807, 2.05) is 0 Å². The van der Waals surface area contributed by atoms with Gasteiger partial charge in [-0.2, -0.15) is 0 Å². The summed E-state index contributed by atoms with van der Waals surface area (Å²) < 4.78 is 0. The van der Waals surface area contributed by atoms with Crippen LogP contribution in [0.25, 0.3) is 0 Å². The quantitative estimate of drug-likeness (QED) is 0.215. The number of nitrogens with one attached hydrogen (secondary N) is 1. The third-order valence-electron chi connectivity index (χ3n) is 1.05. The SMILES string of the molecule is N=C(/C=C/C(=C\O)C(=O)O)C(=O)O. The van der Waals surface area contributed by atoms with E-state index in [-0.39, 0.29) is 0 Å². The Bertz CT molecular complexity index is 302. The molecule has 0 aliphatic heterocycles. The second-order valence-electron chi connectivity index (χ2n) is 1.94. The number of carboxylic acids is 2. The largest absolute Gasteiger partial charge is 0.515 e. The Morgan fingerprint density at radius 2 is 1.62 bits per heavy atom. The molecule has 4 N–H and O–H groups in total. The highest BCUT2D eigenvalue weighted by molar-refractivity contribution is 6.39. The zero-order valence-corrected chi connectivity index (χ0v) is 6.39. The maximum absolute atomic E-state index is 10.2. The van der Waals surface area contributed by atoms with Gasteiger partial charge in [-0.25, -0.2) is 9.59 Å². The lowest BCUT2D eigenvalue weighted by atomic mass is 10.2. The van der Waals surface area contributed by atoms with Gasteiger partial charge >= 0.3 is 11.9 Å². The van der Waals surface area contributed by atoms with E-state index in [9.17, 15) is 9.59 Å². The summed E-state index contributed by atoms with van der Waals surface area (Å²) in [5.74, 6) is -2.88. The standard InChI is InChI=1S/C7H7NO5/c8-5(7(12)13)2-1-4(3-9)6(10)11/h1-3,8-9H,(H,10,11)(H,12,13)/b2-1+,4-3+,8-5?. The molecule has 0 saturated carbocycles. The second kappa shape index (κ2) is 4.70. The first-order valence-electron chi connectivity index (χ1n) is 3.06. The number of rotatable bonds is 4. The lowest BCUT2D eigenvalue weighted by Crippen LogP contribution is -2.08. The molecule has 0 aliphatic rings. The predicted molar refractivity (Wildman–Crippen MR) is 42.9 cm³/mol. The Morgan fingerprint density at radius 3 is 1.92 bits per heavy atom. The van der Waals surface area contributed by atoms with Gasteiger partial charge in [0, 0.05) is 0 Å². The molecule has 0 saturated heterocycles. The predicted octanol–water partition coefficient (Wildman–Crippen LogP) is 0.173. The van der Waals surface area contributed by atoms with Crippen LogP contribution in [0.5, 0.6) is 0 Å². The maximum atomic E-state index is 10.2. The van der Waals surface area contributed by atoms with Gasteiger partial charge in [0.05, 0.1) is 11.8 Å². The Kier molecular flexibility index (Phi) is 3.94. The molecular weight excluding hydrogens is 178 g/mol. The molecule has 0 aromatic carbocycles. The highest BCUT2D eigenvalue weighted by Crippen LogP contribution is 1.95. The first kappa shape index (κ1) is 10.9. The average Bonchev–Trinajstić information content (AvgIpc) is 2.04. The van der Waals surface area contributed by atoms with Gasteiger partial charge in [-0.15, -0.1) is 0 Å². The van der Waals surface area contributed by atoms with Crippen molar-refractivity contribution in [3.05, 3.63) is 24.0 Å². The van der Waals surface area contributed by atoms with Gasteiger partial charge in [-0.05, 0) is 12.2 Å². The summed E-state index contributed by atoms with van der Waals surface area (Å²) in [4.78, 5) is 20.3. The molecule has 0 aromatic heterocycles. The summed E-state index contributed by atoms with van der Waals surface area (Å²) in [6.45, 7) is 0. The van der Waals surface area contributed by atoms with Crippen LogP contribution in [0.3, 0.4) is 0 Å². The number of aliphatic hydroxyl groups excluding tert-OH is 1. The Morgan fingerprint density at radius 1 is 1.08 bits per heavy atom. The summed E-state index contributed by atoms with van der Waals surface area (Å²) in [6, 6.07) is 0. The van der Waals surface area contributed by atoms with Crippen molar-refractivity contribution in [2.75, 3.05) is 0 Å². The molecule has 0 unspecified atom stereocenters. The third-order valence-corrected chi connectivity index (χ3v) is 1.05. The van der Waals surface area contributed by atoms with Crippen LogP contribution in [-0.2, 0) is 9.59 Å². The summed E-state index contributed by atoms with van der Waals surface area (Å²) >= 11 is 0. The molecular formula is C7H7NO5. The molecule has 70 valence electrons. The number of carbonyl (C=O) groups is 2. The monoisotopic (exact) mass is 185 g/mol. The average molecular weight is 185 g/mol. The first-order valence-corrected chi connectivity index (χ1v) is 3.06. The molecule has 0 spiro atoms. The fourth-order valence-electron chi connectivity index (χ4n) is 0.414. The minimum absolute atomic E-state index is 0.313. The van der Waals surface area contributed by atoms with Crippen molar-refractivity contribution in [3.8, 4) is 0 Å².